The number of likely N-dealkylation sites (N-methyl/N-ethyl adjacent to an activating group) is 1. The first kappa shape index (κ1) is 19.4. The molecule has 0 saturated heterocycles. The number of thiophene rings is 1. The van der Waals surface area contributed by atoms with E-state index in [1.807, 2.05) is 37.4 Å². The molecule has 0 fully saturated rings. The highest BCUT2D eigenvalue weighted by Gasteiger charge is 2.35. The molecular formula is C20H25N3O3S. The second-order valence-corrected chi connectivity index (χ2v) is 7.29. The summed E-state index contributed by atoms with van der Waals surface area (Å²) in [7, 11) is 1.52. The first-order valence-electron chi connectivity index (χ1n) is 9.10. The van der Waals surface area contributed by atoms with E-state index in [0.717, 1.165) is 29.2 Å². The number of phenolic OH excluding ortho intramolecular Hbond substituents is 1. The van der Waals surface area contributed by atoms with Crippen molar-refractivity contribution in [1.29, 1.82) is 0 Å². The number of hydrogen-bond acceptors (Lipinski definition) is 6. The molecule has 1 aromatic heterocycles. The summed E-state index contributed by atoms with van der Waals surface area (Å²) >= 11 is 1.61. The van der Waals surface area contributed by atoms with Gasteiger partial charge < -0.3 is 9.84 Å². The molecule has 7 heteroatoms. The van der Waals surface area contributed by atoms with Gasteiger partial charge in [-0.05, 0) is 30.6 Å². The molecule has 1 aliphatic heterocycles. The van der Waals surface area contributed by atoms with Crippen LogP contribution in [-0.4, -0.2) is 53.4 Å². The summed E-state index contributed by atoms with van der Waals surface area (Å²) in [4.78, 5) is 16.2. The van der Waals surface area contributed by atoms with Gasteiger partial charge in [-0.15, -0.1) is 11.3 Å². The molecule has 6 nitrogen and oxygen atoms in total. The molecule has 144 valence electrons. The van der Waals surface area contributed by atoms with E-state index in [9.17, 15) is 9.90 Å². The minimum Gasteiger partial charge on any atom is -0.504 e. The molecule has 1 atom stereocenters. The molecule has 0 spiro atoms. The number of benzene rings is 1. The summed E-state index contributed by atoms with van der Waals surface area (Å²) in [6.45, 7) is 5.99. The molecule has 3 rings (SSSR count). The van der Waals surface area contributed by atoms with Crippen LogP contribution < -0.4 is 4.74 Å². The Hall–Kier alpha value is -2.38. The van der Waals surface area contributed by atoms with Crippen molar-refractivity contribution in [3.63, 3.8) is 0 Å². The Labute approximate surface area is 163 Å². The van der Waals surface area contributed by atoms with E-state index >= 15 is 0 Å². The molecule has 1 N–H and O–H groups in total. The standard InChI is InChI=1S/C20H25N3O3S/c1-4-22(5-2)13-19(25)23-16(12-15(21-23)18-10-7-11-27-18)14-8-6-9-17(24)20(14)26-3/h6-11,16,24H,4-5,12-13H2,1-3H3/t16-/m0/s1. The van der Waals surface area contributed by atoms with Gasteiger partial charge in [0, 0.05) is 12.0 Å². The first-order valence-corrected chi connectivity index (χ1v) is 9.98. The van der Waals surface area contributed by atoms with E-state index in [4.69, 9.17) is 4.74 Å². The molecule has 0 unspecified atom stereocenters. The van der Waals surface area contributed by atoms with Gasteiger partial charge in [0.1, 0.15) is 0 Å². The number of carbonyl (C=O) groups is 1. The monoisotopic (exact) mass is 387 g/mol. The molecule has 2 aromatic rings. The number of carbonyl (C=O) groups excluding carboxylic acids is 1. The maximum Gasteiger partial charge on any atom is 0.257 e. The Morgan fingerprint density at radius 1 is 1.33 bits per heavy atom. The Bertz CT molecular complexity index is 816. The Kier molecular flexibility index (Phi) is 6.13. The number of aromatic hydroxyl groups is 1. The zero-order valence-corrected chi connectivity index (χ0v) is 16.7. The minimum atomic E-state index is -0.299. The normalized spacial score (nSPS) is 16.7. The maximum absolute atomic E-state index is 13.0. The molecule has 0 radical (unpaired) electrons. The summed E-state index contributed by atoms with van der Waals surface area (Å²) < 4.78 is 5.42. The van der Waals surface area contributed by atoms with Crippen LogP contribution in [0.1, 0.15) is 36.8 Å². The summed E-state index contributed by atoms with van der Waals surface area (Å²) in [6, 6.07) is 8.93. The highest BCUT2D eigenvalue weighted by atomic mass is 32.1. The third kappa shape index (κ3) is 3.99. The number of phenols is 1. The third-order valence-corrected chi connectivity index (χ3v) is 5.73. The maximum atomic E-state index is 13.0. The molecule has 0 bridgehead atoms. The number of methoxy groups -OCH3 is 1. The highest BCUT2D eigenvalue weighted by molar-refractivity contribution is 7.12. The quantitative estimate of drug-likeness (QED) is 0.790. The molecule has 1 amide bonds. The lowest BCUT2D eigenvalue weighted by molar-refractivity contribution is -0.134. The Morgan fingerprint density at radius 3 is 2.74 bits per heavy atom. The number of nitrogens with zero attached hydrogens (tertiary/aromatic N) is 3. The van der Waals surface area contributed by atoms with Crippen LogP contribution in [0.25, 0.3) is 0 Å². The summed E-state index contributed by atoms with van der Waals surface area (Å²) in [6.07, 6.45) is 0.588. The lowest BCUT2D eigenvalue weighted by Gasteiger charge is -2.26. The predicted molar refractivity (Wildman–Crippen MR) is 108 cm³/mol. The van der Waals surface area contributed by atoms with Crippen LogP contribution in [0.3, 0.4) is 0 Å². The van der Waals surface area contributed by atoms with Crippen LogP contribution in [0.15, 0.2) is 40.8 Å². The van der Waals surface area contributed by atoms with Crippen molar-refractivity contribution >= 4 is 23.0 Å². The fourth-order valence-corrected chi connectivity index (χ4v) is 4.03. The van der Waals surface area contributed by atoms with Gasteiger partial charge >= 0.3 is 0 Å². The van der Waals surface area contributed by atoms with Gasteiger partial charge in [0.25, 0.3) is 5.91 Å². The van der Waals surface area contributed by atoms with Gasteiger partial charge in [-0.1, -0.05) is 32.0 Å². The van der Waals surface area contributed by atoms with Gasteiger partial charge in [-0.2, -0.15) is 5.10 Å². The van der Waals surface area contributed by atoms with Crippen molar-refractivity contribution in [2.75, 3.05) is 26.7 Å². The van der Waals surface area contributed by atoms with Crippen LogP contribution in [0.5, 0.6) is 11.5 Å². The Balaban J connectivity index is 1.96. The largest absolute Gasteiger partial charge is 0.504 e. The molecular weight excluding hydrogens is 362 g/mol. The molecule has 1 aliphatic rings. The van der Waals surface area contributed by atoms with E-state index in [0.29, 0.717) is 18.7 Å². The molecule has 2 heterocycles. The lowest BCUT2D eigenvalue weighted by Crippen LogP contribution is -2.38. The fraction of sp³-hybridized carbons (Fsp3) is 0.400. The van der Waals surface area contributed by atoms with Crippen molar-refractivity contribution in [2.45, 2.75) is 26.3 Å². The second kappa shape index (κ2) is 8.54. The molecule has 0 saturated carbocycles. The zero-order valence-electron chi connectivity index (χ0n) is 15.9. The van der Waals surface area contributed by atoms with Crippen molar-refractivity contribution in [3.05, 3.63) is 46.2 Å². The van der Waals surface area contributed by atoms with Crippen LogP contribution in [0.2, 0.25) is 0 Å². The highest BCUT2D eigenvalue weighted by Crippen LogP contribution is 2.41. The fourth-order valence-electron chi connectivity index (χ4n) is 3.31. The zero-order chi connectivity index (χ0) is 19.4. The van der Waals surface area contributed by atoms with Gasteiger partial charge in [0.15, 0.2) is 11.5 Å². The topological polar surface area (TPSA) is 65.4 Å². The number of rotatable bonds is 7. The second-order valence-electron chi connectivity index (χ2n) is 6.34. The van der Waals surface area contributed by atoms with E-state index in [-0.39, 0.29) is 17.7 Å². The average molecular weight is 388 g/mol. The van der Waals surface area contributed by atoms with Gasteiger partial charge in [0.05, 0.1) is 30.3 Å². The predicted octanol–water partition coefficient (Wildman–Crippen LogP) is 3.48. The third-order valence-electron chi connectivity index (χ3n) is 4.81. The van der Waals surface area contributed by atoms with Gasteiger partial charge in [-0.25, -0.2) is 5.01 Å². The number of hydrogen-bond donors (Lipinski definition) is 1. The number of ether oxygens (including phenoxy) is 1. The van der Waals surface area contributed by atoms with Gasteiger partial charge in [-0.3, -0.25) is 9.69 Å². The smallest absolute Gasteiger partial charge is 0.257 e. The summed E-state index contributed by atoms with van der Waals surface area (Å²) in [5.41, 5.74) is 1.65. The van der Waals surface area contributed by atoms with E-state index in [1.54, 1.807) is 28.5 Å². The molecule has 27 heavy (non-hydrogen) atoms. The van der Waals surface area contributed by atoms with Crippen LogP contribution >= 0.6 is 11.3 Å². The van der Waals surface area contributed by atoms with E-state index < -0.39 is 0 Å². The van der Waals surface area contributed by atoms with Crippen molar-refractivity contribution < 1.29 is 14.6 Å². The number of amides is 1. The van der Waals surface area contributed by atoms with Crippen molar-refractivity contribution in [2.24, 2.45) is 5.10 Å². The molecule has 0 aliphatic carbocycles. The SMILES string of the molecule is CCN(CC)CC(=O)N1N=C(c2cccs2)C[C@H]1c1cccc(O)c1OC. The summed E-state index contributed by atoms with van der Waals surface area (Å²) in [5, 5.41) is 18.4. The van der Waals surface area contributed by atoms with Gasteiger partial charge in [0.2, 0.25) is 0 Å². The van der Waals surface area contributed by atoms with E-state index in [1.165, 1.54) is 7.11 Å². The van der Waals surface area contributed by atoms with E-state index in [2.05, 4.69) is 10.0 Å². The Morgan fingerprint density at radius 2 is 2.11 bits per heavy atom. The van der Waals surface area contributed by atoms with Crippen molar-refractivity contribution in [3.8, 4) is 11.5 Å². The van der Waals surface area contributed by atoms with Crippen LogP contribution in [-0.2, 0) is 4.79 Å². The number of hydrazone groups is 1. The number of para-hydroxylation sites is 1. The first-order chi connectivity index (χ1) is 13.1. The summed E-state index contributed by atoms with van der Waals surface area (Å²) in [5.74, 6) is 0.405. The molecule has 1 aromatic carbocycles. The van der Waals surface area contributed by atoms with Crippen LogP contribution in [0, 0.1) is 0 Å². The minimum absolute atomic E-state index is 0.0550. The van der Waals surface area contributed by atoms with Crippen molar-refractivity contribution in [1.82, 2.24) is 9.91 Å². The average Bonchev–Trinajstić information content (AvgIpc) is 3.35. The lowest BCUT2D eigenvalue weighted by atomic mass is 9.99. The van der Waals surface area contributed by atoms with Crippen LogP contribution in [0.4, 0.5) is 0 Å².